The fraction of sp³-hybridized carbons (Fsp3) is 0.400. The molecule has 1 aliphatic rings. The quantitative estimate of drug-likeness (QED) is 0.796. The Labute approximate surface area is 124 Å². The summed E-state index contributed by atoms with van der Waals surface area (Å²) >= 11 is 0. The molecule has 1 fully saturated rings. The molecule has 4 nitrogen and oxygen atoms in total. The number of rotatable bonds is 2. The summed E-state index contributed by atoms with van der Waals surface area (Å²) in [5.74, 6) is 0.143. The van der Waals surface area contributed by atoms with E-state index in [1.165, 1.54) is 12.3 Å². The minimum Gasteiger partial charge on any atom is -0.399 e. The van der Waals surface area contributed by atoms with Crippen LogP contribution in [-0.2, 0) is 9.31 Å². The minimum absolute atomic E-state index is 0.324. The topological polar surface area (TPSA) is 36.3 Å². The molecule has 2 aromatic heterocycles. The van der Waals surface area contributed by atoms with Crippen LogP contribution in [0, 0.1) is 5.82 Å². The SMILES string of the molecule is CC1(C)OB(c2cnc(-n3cccc3)cc2F)OC1(C)C. The van der Waals surface area contributed by atoms with E-state index in [4.69, 9.17) is 9.31 Å². The molecule has 3 rings (SSSR count). The van der Waals surface area contributed by atoms with Crippen LogP contribution < -0.4 is 5.46 Å². The number of hydrogen-bond acceptors (Lipinski definition) is 3. The van der Waals surface area contributed by atoms with E-state index in [0.717, 1.165) is 0 Å². The normalized spacial score (nSPS) is 20.0. The summed E-state index contributed by atoms with van der Waals surface area (Å²) in [7, 11) is -0.735. The van der Waals surface area contributed by atoms with Crippen LogP contribution in [0.1, 0.15) is 27.7 Å². The third-order valence-corrected chi connectivity index (χ3v) is 4.24. The second-order valence-electron chi connectivity index (χ2n) is 6.24. The Hall–Kier alpha value is -1.66. The van der Waals surface area contributed by atoms with Crippen LogP contribution in [0.3, 0.4) is 0 Å². The Kier molecular flexibility index (Phi) is 3.18. The first-order valence-corrected chi connectivity index (χ1v) is 6.95. The van der Waals surface area contributed by atoms with Crippen LogP contribution in [0.15, 0.2) is 36.8 Å². The van der Waals surface area contributed by atoms with Gasteiger partial charge >= 0.3 is 7.12 Å². The predicted octanol–water partition coefficient (Wildman–Crippen LogP) is 2.31. The molecular weight excluding hydrogens is 270 g/mol. The summed E-state index contributed by atoms with van der Waals surface area (Å²) in [4.78, 5) is 4.29. The van der Waals surface area contributed by atoms with Crippen LogP contribution in [0.4, 0.5) is 4.39 Å². The van der Waals surface area contributed by atoms with E-state index in [9.17, 15) is 4.39 Å². The minimum atomic E-state index is -0.735. The lowest BCUT2D eigenvalue weighted by Crippen LogP contribution is -2.41. The number of hydrogen-bond donors (Lipinski definition) is 0. The Morgan fingerprint density at radius 3 is 2.19 bits per heavy atom. The molecule has 110 valence electrons. The highest BCUT2D eigenvalue weighted by atomic mass is 19.1. The molecular formula is C15H18BFN2O2. The molecule has 0 aromatic carbocycles. The summed E-state index contributed by atoms with van der Waals surface area (Å²) in [6.45, 7) is 7.75. The predicted molar refractivity (Wildman–Crippen MR) is 79.2 cm³/mol. The molecule has 0 bridgehead atoms. The summed E-state index contributed by atoms with van der Waals surface area (Å²) < 4.78 is 27.8. The van der Waals surface area contributed by atoms with E-state index in [1.807, 2.05) is 52.2 Å². The van der Waals surface area contributed by atoms with Gasteiger partial charge in [-0.3, -0.25) is 0 Å². The number of aromatic nitrogens is 2. The molecule has 0 unspecified atom stereocenters. The van der Waals surface area contributed by atoms with Crippen molar-refractivity contribution < 1.29 is 13.7 Å². The van der Waals surface area contributed by atoms with Crippen LogP contribution in [0.2, 0.25) is 0 Å². The van der Waals surface area contributed by atoms with Gasteiger partial charge in [0, 0.05) is 30.1 Å². The van der Waals surface area contributed by atoms with Gasteiger partial charge in [0.25, 0.3) is 0 Å². The van der Waals surface area contributed by atoms with Crippen molar-refractivity contribution in [3.05, 3.63) is 42.6 Å². The van der Waals surface area contributed by atoms with Gasteiger partial charge in [-0.2, -0.15) is 0 Å². The standard InChI is InChI=1S/C15H18BFN2O2/c1-14(2)15(3,4)21-16(20-14)11-10-18-13(9-12(11)17)19-7-5-6-8-19/h5-10H,1-4H3. The smallest absolute Gasteiger partial charge is 0.399 e. The third kappa shape index (κ3) is 2.38. The monoisotopic (exact) mass is 288 g/mol. The van der Waals surface area contributed by atoms with E-state index in [-0.39, 0.29) is 5.82 Å². The maximum Gasteiger partial charge on any atom is 0.499 e. The van der Waals surface area contributed by atoms with Gasteiger partial charge < -0.3 is 13.9 Å². The average molecular weight is 288 g/mol. The average Bonchev–Trinajstić information content (AvgIpc) is 2.96. The molecule has 21 heavy (non-hydrogen) atoms. The van der Waals surface area contributed by atoms with Crippen LogP contribution in [-0.4, -0.2) is 27.9 Å². The zero-order valence-electron chi connectivity index (χ0n) is 12.6. The molecule has 6 heteroatoms. The van der Waals surface area contributed by atoms with Crippen molar-refractivity contribution in [3.8, 4) is 5.82 Å². The van der Waals surface area contributed by atoms with E-state index in [1.54, 1.807) is 4.57 Å². The molecule has 0 amide bonds. The highest BCUT2D eigenvalue weighted by Gasteiger charge is 2.52. The molecule has 2 aromatic rings. The molecule has 3 heterocycles. The zero-order chi connectivity index (χ0) is 15.3. The molecule has 0 N–H and O–H groups in total. The van der Waals surface area contributed by atoms with Crippen molar-refractivity contribution in [2.24, 2.45) is 0 Å². The Bertz CT molecular complexity index is 640. The molecule has 0 saturated carbocycles. The van der Waals surface area contributed by atoms with Gasteiger partial charge in [-0.05, 0) is 39.8 Å². The second-order valence-corrected chi connectivity index (χ2v) is 6.24. The highest BCUT2D eigenvalue weighted by Crippen LogP contribution is 2.36. The highest BCUT2D eigenvalue weighted by molar-refractivity contribution is 6.62. The van der Waals surface area contributed by atoms with Gasteiger partial charge in [0.15, 0.2) is 0 Å². The van der Waals surface area contributed by atoms with Gasteiger partial charge in [-0.25, -0.2) is 9.37 Å². The molecule has 1 aliphatic heterocycles. The van der Waals surface area contributed by atoms with Crippen LogP contribution >= 0.6 is 0 Å². The molecule has 0 atom stereocenters. The zero-order valence-corrected chi connectivity index (χ0v) is 12.6. The first-order valence-electron chi connectivity index (χ1n) is 6.95. The van der Waals surface area contributed by atoms with E-state index < -0.39 is 18.3 Å². The van der Waals surface area contributed by atoms with Crippen molar-refractivity contribution in [2.45, 2.75) is 38.9 Å². The Morgan fingerprint density at radius 1 is 1.10 bits per heavy atom. The lowest BCUT2D eigenvalue weighted by Gasteiger charge is -2.32. The first-order chi connectivity index (χ1) is 9.80. The van der Waals surface area contributed by atoms with Gasteiger partial charge in [0.2, 0.25) is 0 Å². The number of pyridine rings is 1. The van der Waals surface area contributed by atoms with Crippen molar-refractivity contribution in [1.29, 1.82) is 0 Å². The number of nitrogens with zero attached hydrogens (tertiary/aromatic N) is 2. The van der Waals surface area contributed by atoms with Gasteiger partial charge in [-0.1, -0.05) is 0 Å². The van der Waals surface area contributed by atoms with E-state index in [0.29, 0.717) is 11.3 Å². The van der Waals surface area contributed by atoms with Crippen molar-refractivity contribution in [1.82, 2.24) is 9.55 Å². The maximum atomic E-state index is 14.4. The lowest BCUT2D eigenvalue weighted by molar-refractivity contribution is 0.00578. The number of halogens is 1. The van der Waals surface area contributed by atoms with Gasteiger partial charge in [-0.15, -0.1) is 0 Å². The van der Waals surface area contributed by atoms with Crippen LogP contribution in [0.5, 0.6) is 0 Å². The molecule has 0 radical (unpaired) electrons. The largest absolute Gasteiger partial charge is 0.499 e. The van der Waals surface area contributed by atoms with Crippen LogP contribution in [0.25, 0.3) is 5.82 Å². The Morgan fingerprint density at radius 2 is 1.67 bits per heavy atom. The molecule has 0 aliphatic carbocycles. The van der Waals surface area contributed by atoms with Crippen molar-refractivity contribution in [3.63, 3.8) is 0 Å². The summed E-state index contributed by atoms with van der Waals surface area (Å²) in [5.41, 5.74) is -0.670. The summed E-state index contributed by atoms with van der Waals surface area (Å²) in [6, 6.07) is 5.11. The molecule has 0 spiro atoms. The Balaban J connectivity index is 1.91. The van der Waals surface area contributed by atoms with Gasteiger partial charge in [0.05, 0.1) is 11.2 Å². The summed E-state index contributed by atoms with van der Waals surface area (Å²) in [6.07, 6.45) is 5.11. The first kappa shape index (κ1) is 14.3. The second kappa shape index (κ2) is 4.68. The van der Waals surface area contributed by atoms with Gasteiger partial charge in [0.1, 0.15) is 11.6 Å². The summed E-state index contributed by atoms with van der Waals surface area (Å²) in [5, 5.41) is 0. The van der Waals surface area contributed by atoms with Crippen molar-refractivity contribution in [2.75, 3.05) is 0 Å². The maximum absolute atomic E-state index is 14.4. The fourth-order valence-electron chi connectivity index (χ4n) is 2.20. The van der Waals surface area contributed by atoms with E-state index >= 15 is 0 Å². The third-order valence-electron chi connectivity index (χ3n) is 4.24. The lowest BCUT2D eigenvalue weighted by atomic mass is 9.80. The fourth-order valence-corrected chi connectivity index (χ4v) is 2.20. The van der Waals surface area contributed by atoms with Crippen molar-refractivity contribution >= 4 is 12.6 Å². The van der Waals surface area contributed by atoms with E-state index in [2.05, 4.69) is 4.98 Å². The molecule has 1 saturated heterocycles.